The van der Waals surface area contributed by atoms with Crippen molar-refractivity contribution in [2.75, 3.05) is 5.32 Å². The van der Waals surface area contributed by atoms with E-state index in [-0.39, 0.29) is 24.9 Å². The highest BCUT2D eigenvalue weighted by molar-refractivity contribution is 5.89. The van der Waals surface area contributed by atoms with Crippen LogP contribution >= 0.6 is 0 Å². The standard InChI is InChI=1S/C16H21N7O3/c1-10(2)23-11(5-7-18-23)19-12(24)6-8-22-9-17-14-13(22)15(25)21(4)16(26)20(14)3/h5,7,9-10H,6,8H2,1-4H3,(H,19,24). The van der Waals surface area contributed by atoms with Crippen LogP contribution in [0.2, 0.25) is 0 Å². The summed E-state index contributed by atoms with van der Waals surface area (Å²) in [6, 6.07) is 1.86. The summed E-state index contributed by atoms with van der Waals surface area (Å²) < 4.78 is 5.66. The molecule has 0 spiro atoms. The lowest BCUT2D eigenvalue weighted by Gasteiger charge is -2.12. The molecule has 0 unspecified atom stereocenters. The predicted octanol–water partition coefficient (Wildman–Crippen LogP) is 0.240. The summed E-state index contributed by atoms with van der Waals surface area (Å²) in [6.45, 7) is 4.21. The summed E-state index contributed by atoms with van der Waals surface area (Å²) in [6.07, 6.45) is 3.25. The summed E-state index contributed by atoms with van der Waals surface area (Å²) in [5, 5.41) is 6.99. The Labute approximate surface area is 148 Å². The summed E-state index contributed by atoms with van der Waals surface area (Å²) in [5.41, 5.74) is -0.266. The Hall–Kier alpha value is -3.17. The summed E-state index contributed by atoms with van der Waals surface area (Å²) in [7, 11) is 2.97. The SMILES string of the molecule is CC(C)n1nccc1NC(=O)CCn1cnc2c1c(=O)n(C)c(=O)n2C. The molecule has 0 aliphatic carbocycles. The zero-order valence-electron chi connectivity index (χ0n) is 15.1. The molecule has 0 atom stereocenters. The summed E-state index contributed by atoms with van der Waals surface area (Å²) >= 11 is 0. The molecule has 3 aromatic heterocycles. The van der Waals surface area contributed by atoms with Gasteiger partial charge in [0, 0.05) is 39.2 Å². The van der Waals surface area contributed by atoms with E-state index in [9.17, 15) is 14.4 Å². The third-order valence-corrected chi connectivity index (χ3v) is 4.22. The molecule has 0 bridgehead atoms. The lowest BCUT2D eigenvalue weighted by atomic mass is 10.3. The maximum atomic E-state index is 12.4. The van der Waals surface area contributed by atoms with Gasteiger partial charge < -0.3 is 9.88 Å². The van der Waals surface area contributed by atoms with Crippen molar-refractivity contribution >= 4 is 22.9 Å². The highest BCUT2D eigenvalue weighted by Gasteiger charge is 2.15. The van der Waals surface area contributed by atoms with Crippen LogP contribution in [0.25, 0.3) is 11.2 Å². The zero-order valence-corrected chi connectivity index (χ0v) is 15.1. The van der Waals surface area contributed by atoms with Gasteiger partial charge in [-0.3, -0.25) is 18.7 Å². The van der Waals surface area contributed by atoms with Crippen molar-refractivity contribution in [3.8, 4) is 0 Å². The Balaban J connectivity index is 1.80. The van der Waals surface area contributed by atoms with Gasteiger partial charge in [-0.1, -0.05) is 0 Å². The largest absolute Gasteiger partial charge is 0.332 e. The van der Waals surface area contributed by atoms with E-state index >= 15 is 0 Å². The van der Waals surface area contributed by atoms with Crippen LogP contribution in [0, 0.1) is 0 Å². The number of carbonyl (C=O) groups excluding carboxylic acids is 1. The van der Waals surface area contributed by atoms with Gasteiger partial charge in [0.1, 0.15) is 5.82 Å². The van der Waals surface area contributed by atoms with Gasteiger partial charge in [-0.2, -0.15) is 5.10 Å². The minimum absolute atomic E-state index is 0.127. The van der Waals surface area contributed by atoms with Crippen LogP contribution in [0.1, 0.15) is 26.3 Å². The molecule has 0 aliphatic rings. The number of amides is 1. The van der Waals surface area contributed by atoms with Gasteiger partial charge in [0.05, 0.1) is 12.5 Å². The third-order valence-electron chi connectivity index (χ3n) is 4.22. The van der Waals surface area contributed by atoms with Crippen molar-refractivity contribution in [1.29, 1.82) is 0 Å². The molecule has 0 aliphatic heterocycles. The minimum atomic E-state index is -0.438. The molecule has 0 saturated carbocycles. The fourth-order valence-corrected chi connectivity index (χ4v) is 2.82. The zero-order chi connectivity index (χ0) is 19.0. The van der Waals surface area contributed by atoms with Crippen LogP contribution in [-0.2, 0) is 25.4 Å². The van der Waals surface area contributed by atoms with E-state index in [0.29, 0.717) is 17.0 Å². The van der Waals surface area contributed by atoms with Gasteiger partial charge in [0.25, 0.3) is 5.56 Å². The lowest BCUT2D eigenvalue weighted by Crippen LogP contribution is -2.37. The second kappa shape index (κ2) is 6.62. The Kier molecular flexibility index (Phi) is 4.49. The Morgan fingerprint density at radius 3 is 2.65 bits per heavy atom. The molecule has 0 radical (unpaired) electrons. The van der Waals surface area contributed by atoms with Gasteiger partial charge in [0.2, 0.25) is 5.91 Å². The lowest BCUT2D eigenvalue weighted by molar-refractivity contribution is -0.116. The Morgan fingerprint density at radius 1 is 1.23 bits per heavy atom. The van der Waals surface area contributed by atoms with Crippen LogP contribution in [-0.4, -0.2) is 34.4 Å². The van der Waals surface area contributed by atoms with E-state index in [2.05, 4.69) is 15.4 Å². The third kappa shape index (κ3) is 2.93. The molecular weight excluding hydrogens is 338 g/mol. The van der Waals surface area contributed by atoms with E-state index in [1.807, 2.05) is 13.8 Å². The van der Waals surface area contributed by atoms with Crippen LogP contribution in [0.4, 0.5) is 5.82 Å². The molecule has 26 heavy (non-hydrogen) atoms. The van der Waals surface area contributed by atoms with Gasteiger partial charge >= 0.3 is 5.69 Å². The van der Waals surface area contributed by atoms with Crippen molar-refractivity contribution in [2.24, 2.45) is 14.1 Å². The average molecular weight is 359 g/mol. The van der Waals surface area contributed by atoms with Crippen molar-refractivity contribution < 1.29 is 4.79 Å². The molecular formula is C16H21N7O3. The second-order valence-corrected chi connectivity index (χ2v) is 6.37. The van der Waals surface area contributed by atoms with Gasteiger partial charge in [0.15, 0.2) is 11.2 Å². The van der Waals surface area contributed by atoms with Crippen LogP contribution in [0.5, 0.6) is 0 Å². The molecule has 3 heterocycles. The summed E-state index contributed by atoms with van der Waals surface area (Å²) in [4.78, 5) is 40.7. The average Bonchev–Trinajstić information content (AvgIpc) is 3.23. The van der Waals surface area contributed by atoms with E-state index in [1.165, 1.54) is 17.9 Å². The Morgan fingerprint density at radius 2 is 1.96 bits per heavy atom. The van der Waals surface area contributed by atoms with Crippen molar-refractivity contribution in [2.45, 2.75) is 32.9 Å². The number of imidazole rings is 1. The molecule has 10 heteroatoms. The van der Waals surface area contributed by atoms with Gasteiger partial charge in [-0.05, 0) is 13.8 Å². The Bertz CT molecular complexity index is 1080. The predicted molar refractivity (Wildman–Crippen MR) is 96.1 cm³/mol. The maximum absolute atomic E-state index is 12.4. The number of hydrogen-bond donors (Lipinski definition) is 1. The number of anilines is 1. The fraction of sp³-hybridized carbons (Fsp3) is 0.438. The summed E-state index contributed by atoms with van der Waals surface area (Å²) in [5.74, 6) is 0.426. The molecule has 10 nitrogen and oxygen atoms in total. The van der Waals surface area contributed by atoms with Crippen LogP contribution in [0.3, 0.4) is 0 Å². The number of nitrogens with one attached hydrogen (secondary N) is 1. The highest BCUT2D eigenvalue weighted by atomic mass is 16.2. The van der Waals surface area contributed by atoms with Crippen molar-refractivity contribution in [3.05, 3.63) is 39.4 Å². The van der Waals surface area contributed by atoms with Crippen LogP contribution in [0.15, 0.2) is 28.2 Å². The number of nitrogens with zero attached hydrogens (tertiary/aromatic N) is 6. The first-order valence-electron chi connectivity index (χ1n) is 8.25. The number of carbonyl (C=O) groups is 1. The van der Waals surface area contributed by atoms with Crippen molar-refractivity contribution in [1.82, 2.24) is 28.5 Å². The smallest absolute Gasteiger partial charge is 0.324 e. The monoisotopic (exact) mass is 359 g/mol. The van der Waals surface area contributed by atoms with Crippen molar-refractivity contribution in [3.63, 3.8) is 0 Å². The molecule has 0 saturated heterocycles. The van der Waals surface area contributed by atoms with E-state index < -0.39 is 11.2 Å². The van der Waals surface area contributed by atoms with Gasteiger partial charge in [-0.25, -0.2) is 14.5 Å². The van der Waals surface area contributed by atoms with E-state index in [4.69, 9.17) is 0 Å². The highest BCUT2D eigenvalue weighted by Crippen LogP contribution is 2.13. The van der Waals surface area contributed by atoms with E-state index in [0.717, 1.165) is 4.57 Å². The molecule has 1 N–H and O–H groups in total. The van der Waals surface area contributed by atoms with Crippen LogP contribution < -0.4 is 16.6 Å². The van der Waals surface area contributed by atoms with Gasteiger partial charge in [-0.15, -0.1) is 0 Å². The number of rotatable bonds is 5. The first-order chi connectivity index (χ1) is 12.3. The molecule has 1 amide bonds. The number of fused-ring (bicyclic) bond motifs is 1. The topological polar surface area (TPSA) is 109 Å². The fourth-order valence-electron chi connectivity index (χ4n) is 2.82. The number of aryl methyl sites for hydroxylation is 2. The molecule has 138 valence electrons. The number of hydrogen-bond acceptors (Lipinski definition) is 5. The number of aromatic nitrogens is 6. The first-order valence-corrected chi connectivity index (χ1v) is 8.25. The normalized spacial score (nSPS) is 11.4. The second-order valence-electron chi connectivity index (χ2n) is 6.37. The quantitative estimate of drug-likeness (QED) is 0.702. The minimum Gasteiger partial charge on any atom is -0.324 e. The molecule has 0 fully saturated rings. The molecule has 3 aromatic rings. The maximum Gasteiger partial charge on any atom is 0.332 e. The molecule has 3 rings (SSSR count). The molecule has 0 aromatic carbocycles. The van der Waals surface area contributed by atoms with E-state index in [1.54, 1.807) is 28.6 Å². The first kappa shape index (κ1) is 17.6.